The van der Waals surface area contributed by atoms with Crippen molar-refractivity contribution in [1.82, 2.24) is 0 Å². The van der Waals surface area contributed by atoms with Crippen molar-refractivity contribution in [2.75, 3.05) is 11.4 Å². The second-order valence-electron chi connectivity index (χ2n) is 5.06. The molecule has 0 aliphatic heterocycles. The zero-order chi connectivity index (χ0) is 16.6. The van der Waals surface area contributed by atoms with Crippen molar-refractivity contribution in [2.45, 2.75) is 4.90 Å². The van der Waals surface area contributed by atoms with Crippen molar-refractivity contribution in [3.05, 3.63) is 70.7 Å². The molecule has 0 atom stereocenters. The van der Waals surface area contributed by atoms with Crippen molar-refractivity contribution in [3.63, 3.8) is 0 Å². The Bertz CT molecular complexity index is 987. The van der Waals surface area contributed by atoms with Crippen LogP contribution < -0.4 is 4.31 Å². The maximum atomic E-state index is 12.8. The van der Waals surface area contributed by atoms with Crippen molar-refractivity contribution in [1.29, 1.82) is 0 Å². The van der Waals surface area contributed by atoms with E-state index in [1.807, 2.05) is 36.4 Å². The van der Waals surface area contributed by atoms with Gasteiger partial charge in [-0.05, 0) is 35.0 Å². The van der Waals surface area contributed by atoms with E-state index < -0.39 is 10.0 Å². The number of halogens is 2. The Hall–Kier alpha value is -1.75. The van der Waals surface area contributed by atoms with Crippen LogP contribution in [0.5, 0.6) is 0 Å². The Morgan fingerprint density at radius 3 is 2.30 bits per heavy atom. The molecule has 0 fully saturated rings. The molecule has 0 saturated heterocycles. The van der Waals surface area contributed by atoms with Gasteiger partial charge in [0.05, 0.1) is 15.7 Å². The quantitative estimate of drug-likeness (QED) is 0.656. The zero-order valence-corrected chi connectivity index (χ0v) is 14.5. The fourth-order valence-corrected chi connectivity index (χ4v) is 4.26. The SMILES string of the molecule is CN(c1ccc2ccccc2c1)S(=O)(=O)c1cccc(Cl)c1Cl. The molecule has 0 aliphatic rings. The van der Waals surface area contributed by atoms with Gasteiger partial charge in [-0.2, -0.15) is 0 Å². The van der Waals surface area contributed by atoms with Crippen molar-refractivity contribution >= 4 is 49.7 Å². The minimum absolute atomic E-state index is 0.0117. The molecular formula is C17H13Cl2NO2S. The molecule has 0 heterocycles. The summed E-state index contributed by atoms with van der Waals surface area (Å²) < 4.78 is 26.9. The Kier molecular flexibility index (Phi) is 4.23. The summed E-state index contributed by atoms with van der Waals surface area (Å²) in [5.41, 5.74) is 0.555. The number of rotatable bonds is 3. The summed E-state index contributed by atoms with van der Waals surface area (Å²) in [6.45, 7) is 0. The van der Waals surface area contributed by atoms with Gasteiger partial charge in [0.1, 0.15) is 4.90 Å². The Balaban J connectivity index is 2.09. The van der Waals surface area contributed by atoms with Crippen LogP contribution in [0.15, 0.2) is 65.6 Å². The summed E-state index contributed by atoms with van der Waals surface area (Å²) in [7, 11) is -2.30. The lowest BCUT2D eigenvalue weighted by Gasteiger charge is -2.21. The third-order valence-corrected chi connectivity index (χ3v) is 6.41. The largest absolute Gasteiger partial charge is 0.269 e. The molecule has 0 bridgehead atoms. The third-order valence-electron chi connectivity index (χ3n) is 3.65. The Morgan fingerprint density at radius 2 is 1.57 bits per heavy atom. The maximum absolute atomic E-state index is 12.8. The lowest BCUT2D eigenvalue weighted by atomic mass is 10.1. The second kappa shape index (κ2) is 6.04. The van der Waals surface area contributed by atoms with Gasteiger partial charge in [-0.1, -0.05) is 59.6 Å². The fourth-order valence-electron chi connectivity index (χ4n) is 2.34. The highest BCUT2D eigenvalue weighted by Gasteiger charge is 2.25. The molecule has 3 aromatic rings. The van der Waals surface area contributed by atoms with Gasteiger partial charge in [-0.15, -0.1) is 0 Å². The summed E-state index contributed by atoms with van der Waals surface area (Å²) in [6, 6.07) is 17.8. The van der Waals surface area contributed by atoms with Crippen LogP contribution in [0.25, 0.3) is 10.8 Å². The minimum Gasteiger partial charge on any atom is -0.269 e. The van der Waals surface area contributed by atoms with E-state index in [-0.39, 0.29) is 14.9 Å². The van der Waals surface area contributed by atoms with E-state index in [9.17, 15) is 8.42 Å². The first-order chi connectivity index (χ1) is 10.9. The van der Waals surface area contributed by atoms with Crippen LogP contribution >= 0.6 is 23.2 Å². The highest BCUT2D eigenvalue weighted by Crippen LogP contribution is 2.33. The first-order valence-corrected chi connectivity index (χ1v) is 9.02. The highest BCUT2D eigenvalue weighted by molar-refractivity contribution is 7.93. The van der Waals surface area contributed by atoms with E-state index in [4.69, 9.17) is 23.2 Å². The summed E-state index contributed by atoms with van der Waals surface area (Å²) in [6.07, 6.45) is 0. The van der Waals surface area contributed by atoms with Gasteiger partial charge in [-0.25, -0.2) is 8.42 Å². The molecular weight excluding hydrogens is 353 g/mol. The number of hydrogen-bond acceptors (Lipinski definition) is 2. The van der Waals surface area contributed by atoms with E-state index >= 15 is 0 Å². The van der Waals surface area contributed by atoms with Crippen molar-refractivity contribution in [2.24, 2.45) is 0 Å². The van der Waals surface area contributed by atoms with Crippen LogP contribution in [0, 0.1) is 0 Å². The average Bonchev–Trinajstić information content (AvgIpc) is 2.56. The molecule has 0 aliphatic carbocycles. The first kappa shape index (κ1) is 16.1. The number of benzene rings is 3. The maximum Gasteiger partial charge on any atom is 0.265 e. The highest BCUT2D eigenvalue weighted by atomic mass is 35.5. The van der Waals surface area contributed by atoms with Crippen molar-refractivity contribution < 1.29 is 8.42 Å². The van der Waals surface area contributed by atoms with E-state index in [0.717, 1.165) is 10.8 Å². The summed E-state index contributed by atoms with van der Waals surface area (Å²) in [5, 5.41) is 2.24. The standard InChI is InChI=1S/C17H13Cl2NO2S/c1-20(14-10-9-12-5-2-3-6-13(12)11-14)23(21,22)16-8-4-7-15(18)17(16)19/h2-11H,1H3. The van der Waals surface area contributed by atoms with E-state index in [0.29, 0.717) is 5.69 Å². The van der Waals surface area contributed by atoms with Gasteiger partial charge in [0.2, 0.25) is 0 Å². The molecule has 6 heteroatoms. The van der Waals surface area contributed by atoms with E-state index in [1.165, 1.54) is 17.4 Å². The van der Waals surface area contributed by atoms with Crippen LogP contribution in [0.4, 0.5) is 5.69 Å². The zero-order valence-electron chi connectivity index (χ0n) is 12.2. The molecule has 118 valence electrons. The molecule has 0 unspecified atom stereocenters. The molecule has 0 amide bonds. The lowest BCUT2D eigenvalue weighted by molar-refractivity contribution is 0.594. The van der Waals surface area contributed by atoms with Gasteiger partial charge in [0, 0.05) is 7.05 Å². The number of anilines is 1. The minimum atomic E-state index is -3.80. The molecule has 3 rings (SSSR count). The van der Waals surface area contributed by atoms with Gasteiger partial charge >= 0.3 is 0 Å². The molecule has 23 heavy (non-hydrogen) atoms. The normalized spacial score (nSPS) is 11.6. The van der Waals surface area contributed by atoms with E-state index in [1.54, 1.807) is 18.2 Å². The Labute approximate surface area is 145 Å². The predicted octanol–water partition coefficient (Wildman–Crippen LogP) is 4.97. The summed E-state index contributed by atoms with van der Waals surface area (Å²) in [4.78, 5) is -0.0117. The lowest BCUT2D eigenvalue weighted by Crippen LogP contribution is -2.26. The second-order valence-corrected chi connectivity index (χ2v) is 7.78. The topological polar surface area (TPSA) is 37.4 Å². The number of nitrogens with zero attached hydrogens (tertiary/aromatic N) is 1. The Morgan fingerprint density at radius 1 is 0.870 bits per heavy atom. The van der Waals surface area contributed by atoms with Gasteiger partial charge in [-0.3, -0.25) is 4.31 Å². The van der Waals surface area contributed by atoms with Crippen LogP contribution in [0.2, 0.25) is 10.0 Å². The van der Waals surface area contributed by atoms with E-state index in [2.05, 4.69) is 0 Å². The number of fused-ring (bicyclic) bond motifs is 1. The van der Waals surface area contributed by atoms with Gasteiger partial charge in [0.15, 0.2) is 0 Å². The summed E-state index contributed by atoms with van der Waals surface area (Å²) in [5.74, 6) is 0. The van der Waals surface area contributed by atoms with Gasteiger partial charge < -0.3 is 0 Å². The first-order valence-electron chi connectivity index (χ1n) is 6.83. The number of sulfonamides is 1. The third kappa shape index (κ3) is 2.90. The smallest absolute Gasteiger partial charge is 0.265 e. The molecule has 0 saturated carbocycles. The fraction of sp³-hybridized carbons (Fsp3) is 0.0588. The molecule has 0 N–H and O–H groups in total. The average molecular weight is 366 g/mol. The monoisotopic (exact) mass is 365 g/mol. The number of hydrogen-bond donors (Lipinski definition) is 0. The van der Waals surface area contributed by atoms with Crippen LogP contribution in [0.1, 0.15) is 0 Å². The van der Waals surface area contributed by atoms with Crippen LogP contribution in [-0.2, 0) is 10.0 Å². The predicted molar refractivity (Wildman–Crippen MR) is 96.0 cm³/mol. The molecule has 3 aromatic carbocycles. The molecule has 0 aromatic heterocycles. The molecule has 0 spiro atoms. The van der Waals surface area contributed by atoms with Crippen molar-refractivity contribution in [3.8, 4) is 0 Å². The summed E-state index contributed by atoms with van der Waals surface area (Å²) >= 11 is 12.0. The van der Waals surface area contributed by atoms with Gasteiger partial charge in [0.25, 0.3) is 10.0 Å². The molecule has 3 nitrogen and oxygen atoms in total. The molecule has 0 radical (unpaired) electrons. The van der Waals surface area contributed by atoms with Crippen LogP contribution in [0.3, 0.4) is 0 Å². The van der Waals surface area contributed by atoms with Crippen LogP contribution in [-0.4, -0.2) is 15.5 Å².